The molecule has 0 aliphatic heterocycles. The minimum atomic E-state index is -5.97. The van der Waals surface area contributed by atoms with Crippen molar-refractivity contribution in [1.82, 2.24) is 0 Å². The van der Waals surface area contributed by atoms with Gasteiger partial charge in [0.2, 0.25) is 0 Å². The van der Waals surface area contributed by atoms with E-state index in [2.05, 4.69) is 4.18 Å². The minimum absolute atomic E-state index is 0.0539. The van der Waals surface area contributed by atoms with Gasteiger partial charge in [0.25, 0.3) is 0 Å². The van der Waals surface area contributed by atoms with Crippen LogP contribution in [0.1, 0.15) is 5.56 Å². The zero-order valence-corrected chi connectivity index (χ0v) is 9.76. The minimum Gasteiger partial charge on any atom is -0.481 e. The van der Waals surface area contributed by atoms with Crippen LogP contribution in [-0.2, 0) is 21.3 Å². The average molecular weight is 302 g/mol. The monoisotopic (exact) mass is 302 g/mol. The number of halogens is 4. The lowest BCUT2D eigenvalue weighted by Crippen LogP contribution is -2.28. The topological polar surface area (TPSA) is 80.7 Å². The summed E-state index contributed by atoms with van der Waals surface area (Å²) in [5.74, 6) is -3.85. The SMILES string of the molecule is O=C(O)Cc1ccc(OS(=O)(=O)C(F)(F)F)c(F)c1. The van der Waals surface area contributed by atoms with E-state index in [0.717, 1.165) is 6.07 Å². The summed E-state index contributed by atoms with van der Waals surface area (Å²) >= 11 is 0. The molecule has 106 valence electrons. The molecule has 0 atom stereocenters. The van der Waals surface area contributed by atoms with Gasteiger partial charge in [0.1, 0.15) is 0 Å². The molecule has 1 aromatic carbocycles. The van der Waals surface area contributed by atoms with Crippen LogP contribution in [0.25, 0.3) is 0 Å². The molecule has 1 aromatic rings. The molecule has 0 amide bonds. The van der Waals surface area contributed by atoms with Crippen molar-refractivity contribution < 1.29 is 40.1 Å². The molecule has 0 aliphatic carbocycles. The van der Waals surface area contributed by atoms with E-state index in [1.54, 1.807) is 0 Å². The van der Waals surface area contributed by atoms with Crippen molar-refractivity contribution in [1.29, 1.82) is 0 Å². The summed E-state index contributed by atoms with van der Waals surface area (Å²) in [5, 5.41) is 8.42. The van der Waals surface area contributed by atoms with Crippen LogP contribution in [0.3, 0.4) is 0 Å². The van der Waals surface area contributed by atoms with E-state index in [1.165, 1.54) is 0 Å². The molecule has 0 saturated heterocycles. The van der Waals surface area contributed by atoms with Crippen molar-refractivity contribution in [3.63, 3.8) is 0 Å². The number of aliphatic carboxylic acids is 1. The summed E-state index contributed by atoms with van der Waals surface area (Å²) < 4.78 is 74.1. The van der Waals surface area contributed by atoms with Crippen molar-refractivity contribution in [2.24, 2.45) is 0 Å². The predicted molar refractivity (Wildman–Crippen MR) is 53.3 cm³/mol. The zero-order valence-electron chi connectivity index (χ0n) is 8.94. The van der Waals surface area contributed by atoms with Crippen molar-refractivity contribution >= 4 is 16.1 Å². The summed E-state index contributed by atoms with van der Waals surface area (Å²) in [4.78, 5) is 10.3. The molecule has 5 nitrogen and oxygen atoms in total. The largest absolute Gasteiger partial charge is 0.534 e. The van der Waals surface area contributed by atoms with Crippen LogP contribution in [0.4, 0.5) is 17.6 Å². The van der Waals surface area contributed by atoms with E-state index in [9.17, 15) is 30.8 Å². The van der Waals surface area contributed by atoms with Gasteiger partial charge in [-0.15, -0.1) is 0 Å². The molecule has 0 radical (unpaired) electrons. The molecular formula is C9H6F4O5S. The zero-order chi connectivity index (χ0) is 14.8. The van der Waals surface area contributed by atoms with Gasteiger partial charge >= 0.3 is 21.6 Å². The van der Waals surface area contributed by atoms with Gasteiger partial charge in [-0.1, -0.05) is 6.07 Å². The first-order valence-corrected chi connectivity index (χ1v) is 5.95. The average Bonchev–Trinajstić information content (AvgIpc) is 2.19. The van der Waals surface area contributed by atoms with Gasteiger partial charge in [-0.3, -0.25) is 4.79 Å². The molecule has 0 spiro atoms. The van der Waals surface area contributed by atoms with Gasteiger partial charge < -0.3 is 9.29 Å². The third-order valence-corrected chi connectivity index (χ3v) is 2.80. The lowest BCUT2D eigenvalue weighted by molar-refractivity contribution is -0.136. The van der Waals surface area contributed by atoms with E-state index >= 15 is 0 Å². The molecule has 10 heteroatoms. The fourth-order valence-corrected chi connectivity index (χ4v) is 1.53. The molecule has 0 aliphatic rings. The fraction of sp³-hybridized carbons (Fsp3) is 0.222. The van der Waals surface area contributed by atoms with Crippen LogP contribution >= 0.6 is 0 Å². The van der Waals surface area contributed by atoms with Gasteiger partial charge in [0.15, 0.2) is 11.6 Å². The van der Waals surface area contributed by atoms with Gasteiger partial charge in [0.05, 0.1) is 6.42 Å². The van der Waals surface area contributed by atoms with Crippen molar-refractivity contribution in [2.45, 2.75) is 11.9 Å². The highest BCUT2D eigenvalue weighted by Crippen LogP contribution is 2.28. The Balaban J connectivity index is 3.02. The Kier molecular flexibility index (Phi) is 4.03. The van der Waals surface area contributed by atoms with Crippen LogP contribution in [0, 0.1) is 5.82 Å². The van der Waals surface area contributed by atoms with Crippen LogP contribution in [-0.4, -0.2) is 25.0 Å². The van der Waals surface area contributed by atoms with Crippen molar-refractivity contribution in [3.05, 3.63) is 29.6 Å². The molecule has 0 aromatic heterocycles. The Hall–Kier alpha value is -1.84. The summed E-state index contributed by atoms with van der Waals surface area (Å²) in [5.41, 5.74) is -5.74. The predicted octanol–water partition coefficient (Wildman–Crippen LogP) is 1.68. The third-order valence-electron chi connectivity index (χ3n) is 1.83. The number of alkyl halides is 3. The summed E-state index contributed by atoms with van der Waals surface area (Å²) in [6.07, 6.45) is -0.566. The Bertz CT molecular complexity index is 593. The van der Waals surface area contributed by atoms with E-state index < -0.39 is 39.6 Å². The second-order valence-corrected chi connectivity index (χ2v) is 4.86. The fourth-order valence-electron chi connectivity index (χ4n) is 1.06. The first-order chi connectivity index (χ1) is 8.53. The number of carboxylic acids is 1. The lowest BCUT2D eigenvalue weighted by Gasteiger charge is -2.10. The summed E-state index contributed by atoms with van der Waals surface area (Å²) in [7, 11) is -5.97. The molecular weight excluding hydrogens is 296 g/mol. The molecule has 0 fully saturated rings. The highest BCUT2D eigenvalue weighted by Gasteiger charge is 2.48. The molecule has 0 bridgehead atoms. The van der Waals surface area contributed by atoms with Gasteiger partial charge in [0, 0.05) is 0 Å². The normalized spacial score (nSPS) is 12.2. The Morgan fingerprint density at radius 2 is 1.89 bits per heavy atom. The Morgan fingerprint density at radius 1 is 1.32 bits per heavy atom. The second-order valence-electron chi connectivity index (χ2n) is 3.32. The standard InChI is InChI=1S/C9H6F4O5S/c10-6-3-5(4-8(14)15)1-2-7(6)18-19(16,17)9(11,12)13/h1-3H,4H2,(H,14,15). The van der Waals surface area contributed by atoms with Crippen molar-refractivity contribution in [3.8, 4) is 5.75 Å². The third kappa shape index (κ3) is 3.81. The molecule has 19 heavy (non-hydrogen) atoms. The van der Waals surface area contributed by atoms with Gasteiger partial charge in [-0.05, 0) is 17.7 Å². The molecule has 1 rings (SSSR count). The Morgan fingerprint density at radius 3 is 2.32 bits per heavy atom. The van der Waals surface area contributed by atoms with E-state index in [0.29, 0.717) is 12.1 Å². The van der Waals surface area contributed by atoms with Crippen LogP contribution < -0.4 is 4.18 Å². The maximum Gasteiger partial charge on any atom is 0.534 e. The number of hydrogen-bond donors (Lipinski definition) is 1. The number of rotatable bonds is 4. The van der Waals surface area contributed by atoms with E-state index in [-0.39, 0.29) is 5.56 Å². The van der Waals surface area contributed by atoms with Crippen LogP contribution in [0.15, 0.2) is 18.2 Å². The molecule has 0 unspecified atom stereocenters. The molecule has 1 N–H and O–H groups in total. The highest BCUT2D eigenvalue weighted by molar-refractivity contribution is 7.88. The second kappa shape index (κ2) is 5.03. The quantitative estimate of drug-likeness (QED) is 0.520. The van der Waals surface area contributed by atoms with Crippen LogP contribution in [0.5, 0.6) is 5.75 Å². The van der Waals surface area contributed by atoms with Crippen molar-refractivity contribution in [2.75, 3.05) is 0 Å². The van der Waals surface area contributed by atoms with Gasteiger partial charge in [-0.2, -0.15) is 21.6 Å². The highest BCUT2D eigenvalue weighted by atomic mass is 32.2. The molecule has 0 heterocycles. The lowest BCUT2D eigenvalue weighted by atomic mass is 10.1. The number of hydrogen-bond acceptors (Lipinski definition) is 4. The Labute approximate surface area is 104 Å². The first kappa shape index (κ1) is 15.2. The maximum absolute atomic E-state index is 13.3. The smallest absolute Gasteiger partial charge is 0.481 e. The van der Waals surface area contributed by atoms with Crippen LogP contribution in [0.2, 0.25) is 0 Å². The van der Waals surface area contributed by atoms with Gasteiger partial charge in [-0.25, -0.2) is 4.39 Å². The number of benzene rings is 1. The van der Waals surface area contributed by atoms with E-state index in [1.807, 2.05) is 0 Å². The summed E-state index contributed by atoms with van der Waals surface area (Å²) in [6.45, 7) is 0. The maximum atomic E-state index is 13.3. The molecule has 0 saturated carbocycles. The van der Waals surface area contributed by atoms with E-state index in [4.69, 9.17) is 5.11 Å². The summed E-state index contributed by atoms with van der Waals surface area (Å²) in [6, 6.07) is 2.13. The first-order valence-electron chi connectivity index (χ1n) is 4.54. The number of carboxylic acid groups (broad SMARTS) is 1. The number of carbonyl (C=O) groups is 1.